The van der Waals surface area contributed by atoms with Gasteiger partial charge in [0.15, 0.2) is 11.5 Å². The molecule has 96 valence electrons. The molecular weight excluding hydrogens is 232 g/mol. The predicted octanol–water partition coefficient (Wildman–Crippen LogP) is 0.941. The van der Waals surface area contributed by atoms with Crippen molar-refractivity contribution < 1.29 is 14.3 Å². The lowest BCUT2D eigenvalue weighted by Crippen LogP contribution is -2.22. The van der Waals surface area contributed by atoms with E-state index in [9.17, 15) is 4.79 Å². The highest BCUT2D eigenvalue weighted by Crippen LogP contribution is 2.37. The molecule has 18 heavy (non-hydrogen) atoms. The molecular formula is C13H16N2O3. The van der Waals surface area contributed by atoms with E-state index in [-0.39, 0.29) is 24.7 Å². The molecule has 3 N–H and O–H groups in total. The largest absolute Gasteiger partial charge is 0.454 e. The van der Waals surface area contributed by atoms with Crippen LogP contribution in [0.4, 0.5) is 0 Å². The Morgan fingerprint density at radius 3 is 3.00 bits per heavy atom. The summed E-state index contributed by atoms with van der Waals surface area (Å²) in [6.45, 7) is 0.817. The van der Waals surface area contributed by atoms with Crippen LogP contribution in [0.25, 0.3) is 0 Å². The van der Waals surface area contributed by atoms with Gasteiger partial charge >= 0.3 is 0 Å². The summed E-state index contributed by atoms with van der Waals surface area (Å²) in [5.74, 6) is 1.65. The Morgan fingerprint density at radius 2 is 2.17 bits per heavy atom. The number of rotatable bonds is 3. The van der Waals surface area contributed by atoms with Crippen molar-refractivity contribution in [2.24, 2.45) is 11.7 Å². The van der Waals surface area contributed by atoms with Gasteiger partial charge in [0.05, 0.1) is 6.04 Å². The third-order valence-electron chi connectivity index (χ3n) is 3.52. The molecule has 1 fully saturated rings. The molecule has 1 aromatic rings. The maximum absolute atomic E-state index is 11.8. The minimum atomic E-state index is 0.0328. The molecule has 1 aromatic carbocycles. The number of hydrogen-bond acceptors (Lipinski definition) is 4. The standard InChI is InChI=1S/C13H16N2O3/c14-4-3-9-5-10(15-13(9)16)8-1-2-11-12(6-8)18-7-17-11/h1-2,6,9-10H,3-5,7,14H2,(H,15,16). The molecule has 5 heteroatoms. The summed E-state index contributed by atoms with van der Waals surface area (Å²) in [5, 5.41) is 3.01. The van der Waals surface area contributed by atoms with Crippen LogP contribution >= 0.6 is 0 Å². The first kappa shape index (κ1) is 11.3. The lowest BCUT2D eigenvalue weighted by Gasteiger charge is -2.10. The first-order valence-corrected chi connectivity index (χ1v) is 6.18. The van der Waals surface area contributed by atoms with Crippen LogP contribution in [-0.4, -0.2) is 19.2 Å². The predicted molar refractivity (Wildman–Crippen MR) is 65.2 cm³/mol. The Balaban J connectivity index is 1.78. The van der Waals surface area contributed by atoms with E-state index >= 15 is 0 Å². The van der Waals surface area contributed by atoms with Gasteiger partial charge in [0.25, 0.3) is 0 Å². The van der Waals surface area contributed by atoms with Crippen LogP contribution in [0.1, 0.15) is 24.4 Å². The molecule has 2 aliphatic rings. The van der Waals surface area contributed by atoms with Gasteiger partial charge in [-0.15, -0.1) is 0 Å². The third kappa shape index (κ3) is 1.90. The summed E-state index contributed by atoms with van der Waals surface area (Å²) in [4.78, 5) is 11.8. The van der Waals surface area contributed by atoms with Crippen molar-refractivity contribution in [3.63, 3.8) is 0 Å². The van der Waals surface area contributed by atoms with Crippen molar-refractivity contribution in [1.82, 2.24) is 5.32 Å². The lowest BCUT2D eigenvalue weighted by molar-refractivity contribution is -0.122. The first-order valence-electron chi connectivity index (χ1n) is 6.18. The number of fused-ring (bicyclic) bond motifs is 1. The van der Waals surface area contributed by atoms with E-state index in [4.69, 9.17) is 15.2 Å². The average molecular weight is 248 g/mol. The molecule has 2 atom stereocenters. The fourth-order valence-corrected chi connectivity index (χ4v) is 2.54. The van der Waals surface area contributed by atoms with Crippen LogP contribution in [0, 0.1) is 5.92 Å². The van der Waals surface area contributed by atoms with Gasteiger partial charge in [-0.3, -0.25) is 4.79 Å². The number of carbonyl (C=O) groups is 1. The van der Waals surface area contributed by atoms with Crippen LogP contribution in [0.3, 0.4) is 0 Å². The number of benzene rings is 1. The second-order valence-electron chi connectivity index (χ2n) is 4.68. The highest BCUT2D eigenvalue weighted by molar-refractivity contribution is 5.81. The second kappa shape index (κ2) is 4.49. The molecule has 5 nitrogen and oxygen atoms in total. The highest BCUT2D eigenvalue weighted by atomic mass is 16.7. The molecule has 0 spiro atoms. The zero-order valence-corrected chi connectivity index (χ0v) is 10.0. The summed E-state index contributed by atoms with van der Waals surface area (Å²) in [7, 11) is 0. The summed E-state index contributed by atoms with van der Waals surface area (Å²) in [6, 6.07) is 5.87. The van der Waals surface area contributed by atoms with Gasteiger partial charge in [0, 0.05) is 5.92 Å². The molecule has 2 unspecified atom stereocenters. The van der Waals surface area contributed by atoms with Crippen molar-refractivity contribution in [3.8, 4) is 11.5 Å². The van der Waals surface area contributed by atoms with Gasteiger partial charge in [-0.2, -0.15) is 0 Å². The molecule has 0 aromatic heterocycles. The number of nitrogens with one attached hydrogen (secondary N) is 1. The Labute approximate surface area is 105 Å². The number of hydrogen-bond donors (Lipinski definition) is 2. The quantitative estimate of drug-likeness (QED) is 0.835. The van der Waals surface area contributed by atoms with E-state index in [2.05, 4.69) is 5.32 Å². The van der Waals surface area contributed by atoms with Gasteiger partial charge in [-0.05, 0) is 37.1 Å². The Hall–Kier alpha value is -1.75. The van der Waals surface area contributed by atoms with Gasteiger partial charge in [-0.1, -0.05) is 6.07 Å². The van der Waals surface area contributed by atoms with E-state index in [0.29, 0.717) is 6.54 Å². The minimum absolute atomic E-state index is 0.0328. The van der Waals surface area contributed by atoms with Gasteiger partial charge < -0.3 is 20.5 Å². The molecule has 1 amide bonds. The number of carbonyl (C=O) groups excluding carboxylic acids is 1. The molecule has 1 saturated heterocycles. The van der Waals surface area contributed by atoms with E-state index in [0.717, 1.165) is 29.9 Å². The molecule has 3 rings (SSSR count). The van der Waals surface area contributed by atoms with Crippen molar-refractivity contribution >= 4 is 5.91 Å². The van der Waals surface area contributed by atoms with Crippen LogP contribution in [0.15, 0.2) is 18.2 Å². The normalized spacial score (nSPS) is 25.3. The van der Waals surface area contributed by atoms with Crippen LogP contribution in [-0.2, 0) is 4.79 Å². The van der Waals surface area contributed by atoms with Crippen LogP contribution in [0.5, 0.6) is 11.5 Å². The van der Waals surface area contributed by atoms with E-state index < -0.39 is 0 Å². The monoisotopic (exact) mass is 248 g/mol. The average Bonchev–Trinajstić information content (AvgIpc) is 2.96. The minimum Gasteiger partial charge on any atom is -0.454 e. The summed E-state index contributed by atoms with van der Waals surface area (Å²) in [6.07, 6.45) is 1.54. The SMILES string of the molecule is NCCC1CC(c2ccc3c(c2)OCO3)NC1=O. The molecule has 2 heterocycles. The van der Waals surface area contributed by atoms with Gasteiger partial charge in [0.2, 0.25) is 12.7 Å². The maximum Gasteiger partial charge on any atom is 0.231 e. The fourth-order valence-electron chi connectivity index (χ4n) is 2.54. The topological polar surface area (TPSA) is 73.6 Å². The van der Waals surface area contributed by atoms with E-state index in [1.165, 1.54) is 0 Å². The molecule has 0 radical (unpaired) electrons. The summed E-state index contributed by atoms with van der Waals surface area (Å²) in [5.41, 5.74) is 6.57. The van der Waals surface area contributed by atoms with Gasteiger partial charge in [0.1, 0.15) is 0 Å². The van der Waals surface area contributed by atoms with Crippen LogP contribution < -0.4 is 20.5 Å². The number of ether oxygens (including phenoxy) is 2. The van der Waals surface area contributed by atoms with Crippen molar-refractivity contribution in [2.45, 2.75) is 18.9 Å². The van der Waals surface area contributed by atoms with E-state index in [1.54, 1.807) is 0 Å². The maximum atomic E-state index is 11.8. The van der Waals surface area contributed by atoms with Crippen molar-refractivity contribution in [1.29, 1.82) is 0 Å². The smallest absolute Gasteiger partial charge is 0.231 e. The zero-order valence-electron chi connectivity index (χ0n) is 10.0. The van der Waals surface area contributed by atoms with E-state index in [1.807, 2.05) is 18.2 Å². The molecule has 0 aliphatic carbocycles. The molecule has 2 aliphatic heterocycles. The second-order valence-corrected chi connectivity index (χ2v) is 4.68. The van der Waals surface area contributed by atoms with Gasteiger partial charge in [-0.25, -0.2) is 0 Å². The Kier molecular flexibility index (Phi) is 2.83. The molecule has 0 bridgehead atoms. The highest BCUT2D eigenvalue weighted by Gasteiger charge is 2.32. The lowest BCUT2D eigenvalue weighted by atomic mass is 9.97. The number of nitrogens with two attached hydrogens (primary N) is 1. The fraction of sp³-hybridized carbons (Fsp3) is 0.462. The Bertz CT molecular complexity index is 475. The van der Waals surface area contributed by atoms with Crippen LogP contribution in [0.2, 0.25) is 0 Å². The zero-order chi connectivity index (χ0) is 12.5. The summed E-state index contributed by atoms with van der Waals surface area (Å²) < 4.78 is 10.6. The number of amides is 1. The summed E-state index contributed by atoms with van der Waals surface area (Å²) >= 11 is 0. The van der Waals surface area contributed by atoms with Crippen molar-refractivity contribution in [3.05, 3.63) is 23.8 Å². The molecule has 0 saturated carbocycles. The third-order valence-corrected chi connectivity index (χ3v) is 3.52. The van der Waals surface area contributed by atoms with Crippen molar-refractivity contribution in [2.75, 3.05) is 13.3 Å². The first-order chi connectivity index (χ1) is 8.78. The Morgan fingerprint density at radius 1 is 1.33 bits per heavy atom.